The van der Waals surface area contributed by atoms with Crippen molar-refractivity contribution in [3.63, 3.8) is 0 Å². The van der Waals surface area contributed by atoms with Gasteiger partial charge in [0.05, 0.1) is 14.2 Å². The van der Waals surface area contributed by atoms with Crippen LogP contribution < -0.4 is 15.2 Å². The van der Waals surface area contributed by atoms with Crippen LogP contribution in [-0.4, -0.2) is 14.2 Å². The number of benzene rings is 1. The highest BCUT2D eigenvalue weighted by Crippen LogP contribution is 2.35. The first-order chi connectivity index (χ1) is 9.24. The number of hydrogen-bond acceptors (Lipinski definition) is 3. The van der Waals surface area contributed by atoms with Crippen LogP contribution in [0.1, 0.15) is 50.1 Å². The maximum Gasteiger partial charge on any atom is 0.123 e. The minimum Gasteiger partial charge on any atom is -0.497 e. The molecule has 3 nitrogen and oxygen atoms in total. The SMILES string of the molecule is COc1ccc(OC)c(C(N)CC2CCCCC2)c1. The van der Waals surface area contributed by atoms with Gasteiger partial charge in [0.15, 0.2) is 0 Å². The highest BCUT2D eigenvalue weighted by Gasteiger charge is 2.20. The molecule has 1 saturated carbocycles. The van der Waals surface area contributed by atoms with Crippen LogP contribution in [0.15, 0.2) is 18.2 Å². The van der Waals surface area contributed by atoms with Crippen molar-refractivity contribution in [2.45, 2.75) is 44.6 Å². The van der Waals surface area contributed by atoms with Crippen LogP contribution in [-0.2, 0) is 0 Å². The van der Waals surface area contributed by atoms with E-state index in [1.54, 1.807) is 14.2 Å². The van der Waals surface area contributed by atoms with Crippen molar-refractivity contribution in [3.05, 3.63) is 23.8 Å². The van der Waals surface area contributed by atoms with E-state index >= 15 is 0 Å². The lowest BCUT2D eigenvalue weighted by molar-refractivity contribution is 0.314. The standard InChI is InChI=1S/C16H25NO2/c1-18-13-8-9-16(19-2)14(11-13)15(17)10-12-6-4-3-5-7-12/h8-9,11-12,15H,3-7,10,17H2,1-2H3. The van der Waals surface area contributed by atoms with Gasteiger partial charge in [0.25, 0.3) is 0 Å². The molecule has 1 fully saturated rings. The second-order valence-corrected chi connectivity index (χ2v) is 5.45. The van der Waals surface area contributed by atoms with Crippen LogP contribution in [0.2, 0.25) is 0 Å². The Balaban J connectivity index is 2.09. The summed E-state index contributed by atoms with van der Waals surface area (Å²) in [5.74, 6) is 2.47. The van der Waals surface area contributed by atoms with Gasteiger partial charge in [0.2, 0.25) is 0 Å². The molecule has 0 aliphatic heterocycles. The van der Waals surface area contributed by atoms with Gasteiger partial charge >= 0.3 is 0 Å². The molecule has 2 N–H and O–H groups in total. The Kier molecular flexibility index (Phi) is 5.08. The average Bonchev–Trinajstić information content (AvgIpc) is 2.47. The van der Waals surface area contributed by atoms with E-state index in [0.717, 1.165) is 29.4 Å². The molecule has 19 heavy (non-hydrogen) atoms. The molecule has 106 valence electrons. The summed E-state index contributed by atoms with van der Waals surface area (Å²) >= 11 is 0. The molecule has 1 aliphatic carbocycles. The summed E-state index contributed by atoms with van der Waals surface area (Å²) < 4.78 is 10.7. The molecule has 0 bridgehead atoms. The molecule has 0 saturated heterocycles. The minimum atomic E-state index is 0.0353. The topological polar surface area (TPSA) is 44.5 Å². The van der Waals surface area contributed by atoms with Crippen molar-refractivity contribution in [1.29, 1.82) is 0 Å². The lowest BCUT2D eigenvalue weighted by Gasteiger charge is -2.25. The van der Waals surface area contributed by atoms with Crippen molar-refractivity contribution < 1.29 is 9.47 Å². The largest absolute Gasteiger partial charge is 0.497 e. The van der Waals surface area contributed by atoms with E-state index in [-0.39, 0.29) is 6.04 Å². The summed E-state index contributed by atoms with van der Waals surface area (Å²) in [6, 6.07) is 5.89. The summed E-state index contributed by atoms with van der Waals surface area (Å²) in [5, 5.41) is 0. The Labute approximate surface area is 116 Å². The number of nitrogens with two attached hydrogens (primary N) is 1. The Hall–Kier alpha value is -1.22. The zero-order chi connectivity index (χ0) is 13.7. The third kappa shape index (κ3) is 3.63. The third-order valence-electron chi connectivity index (χ3n) is 4.15. The van der Waals surface area contributed by atoms with Gasteiger partial charge in [0.1, 0.15) is 11.5 Å². The van der Waals surface area contributed by atoms with Crippen LogP contribution in [0.5, 0.6) is 11.5 Å². The minimum absolute atomic E-state index is 0.0353. The molecule has 0 spiro atoms. The van der Waals surface area contributed by atoms with E-state index in [2.05, 4.69) is 0 Å². The number of methoxy groups -OCH3 is 2. The summed E-state index contributed by atoms with van der Waals surface area (Å²) in [5.41, 5.74) is 7.45. The molecule has 3 heteroatoms. The van der Waals surface area contributed by atoms with E-state index in [4.69, 9.17) is 15.2 Å². The van der Waals surface area contributed by atoms with Gasteiger partial charge in [-0.05, 0) is 30.5 Å². The second-order valence-electron chi connectivity index (χ2n) is 5.45. The van der Waals surface area contributed by atoms with Gasteiger partial charge in [-0.15, -0.1) is 0 Å². The van der Waals surface area contributed by atoms with Crippen molar-refractivity contribution >= 4 is 0 Å². The lowest BCUT2D eigenvalue weighted by Crippen LogP contribution is -2.18. The van der Waals surface area contributed by atoms with Gasteiger partial charge in [-0.2, -0.15) is 0 Å². The van der Waals surface area contributed by atoms with Crippen LogP contribution in [0.3, 0.4) is 0 Å². The first-order valence-corrected chi connectivity index (χ1v) is 7.22. The van der Waals surface area contributed by atoms with E-state index in [0.29, 0.717) is 0 Å². The van der Waals surface area contributed by atoms with Crippen molar-refractivity contribution in [2.24, 2.45) is 11.7 Å². The molecule has 2 rings (SSSR count). The van der Waals surface area contributed by atoms with Crippen molar-refractivity contribution in [3.8, 4) is 11.5 Å². The van der Waals surface area contributed by atoms with Gasteiger partial charge < -0.3 is 15.2 Å². The molecule has 0 amide bonds. The monoisotopic (exact) mass is 263 g/mol. The molecule has 1 atom stereocenters. The molecule has 1 aromatic rings. The summed E-state index contributed by atoms with van der Waals surface area (Å²) in [6.07, 6.45) is 7.77. The quantitative estimate of drug-likeness (QED) is 0.881. The Morgan fingerprint density at radius 3 is 2.53 bits per heavy atom. The second kappa shape index (κ2) is 6.80. The Bertz CT molecular complexity index is 400. The average molecular weight is 263 g/mol. The summed E-state index contributed by atoms with van der Waals surface area (Å²) in [7, 11) is 3.37. The van der Waals surface area contributed by atoms with Crippen molar-refractivity contribution in [2.75, 3.05) is 14.2 Å². The van der Waals surface area contributed by atoms with Crippen LogP contribution in [0.4, 0.5) is 0 Å². The Morgan fingerprint density at radius 1 is 1.16 bits per heavy atom. The zero-order valence-corrected chi connectivity index (χ0v) is 12.0. The van der Waals surface area contributed by atoms with Gasteiger partial charge in [-0.1, -0.05) is 32.1 Å². The summed E-state index contributed by atoms with van der Waals surface area (Å²) in [6.45, 7) is 0. The fourth-order valence-corrected chi connectivity index (χ4v) is 3.04. The van der Waals surface area contributed by atoms with Gasteiger partial charge in [-0.3, -0.25) is 0 Å². The van der Waals surface area contributed by atoms with Crippen LogP contribution >= 0.6 is 0 Å². The molecule has 1 aromatic carbocycles. The highest BCUT2D eigenvalue weighted by molar-refractivity contribution is 5.42. The summed E-state index contributed by atoms with van der Waals surface area (Å²) in [4.78, 5) is 0. The maximum absolute atomic E-state index is 6.39. The number of rotatable bonds is 5. The molecular formula is C16H25NO2. The fourth-order valence-electron chi connectivity index (χ4n) is 3.04. The fraction of sp³-hybridized carbons (Fsp3) is 0.625. The van der Waals surface area contributed by atoms with E-state index in [9.17, 15) is 0 Å². The number of hydrogen-bond donors (Lipinski definition) is 1. The smallest absolute Gasteiger partial charge is 0.123 e. The van der Waals surface area contributed by atoms with Gasteiger partial charge in [0, 0.05) is 11.6 Å². The van der Waals surface area contributed by atoms with Gasteiger partial charge in [-0.25, -0.2) is 0 Å². The predicted octanol–water partition coefficient (Wildman–Crippen LogP) is 3.67. The molecule has 1 aliphatic rings. The molecule has 0 heterocycles. The lowest BCUT2D eigenvalue weighted by atomic mass is 9.83. The molecule has 1 unspecified atom stereocenters. The van der Waals surface area contributed by atoms with E-state index < -0.39 is 0 Å². The van der Waals surface area contributed by atoms with E-state index in [1.165, 1.54) is 32.1 Å². The van der Waals surface area contributed by atoms with Crippen molar-refractivity contribution in [1.82, 2.24) is 0 Å². The highest BCUT2D eigenvalue weighted by atomic mass is 16.5. The van der Waals surface area contributed by atoms with Crippen LogP contribution in [0, 0.1) is 5.92 Å². The third-order valence-corrected chi connectivity index (χ3v) is 4.15. The Morgan fingerprint density at radius 2 is 1.89 bits per heavy atom. The first-order valence-electron chi connectivity index (χ1n) is 7.22. The normalized spacial score (nSPS) is 18.1. The number of ether oxygens (including phenoxy) is 2. The zero-order valence-electron chi connectivity index (χ0n) is 12.0. The van der Waals surface area contributed by atoms with E-state index in [1.807, 2.05) is 18.2 Å². The maximum atomic E-state index is 6.39. The molecular weight excluding hydrogens is 238 g/mol. The predicted molar refractivity (Wildman–Crippen MR) is 77.7 cm³/mol. The molecule has 0 aromatic heterocycles. The first kappa shape index (κ1) is 14.2. The molecule has 0 radical (unpaired) electrons. The van der Waals surface area contributed by atoms with Crippen LogP contribution in [0.25, 0.3) is 0 Å².